The third-order valence-electron chi connectivity index (χ3n) is 2.78. The van der Waals surface area contributed by atoms with E-state index >= 15 is 0 Å². The molecule has 0 aromatic heterocycles. The second-order valence-electron chi connectivity index (χ2n) is 4.37. The van der Waals surface area contributed by atoms with E-state index in [-0.39, 0.29) is 5.91 Å². The molecule has 0 saturated heterocycles. The Morgan fingerprint density at radius 2 is 2.06 bits per heavy atom. The van der Waals surface area contributed by atoms with E-state index in [4.69, 9.17) is 5.73 Å². The van der Waals surface area contributed by atoms with E-state index in [1.807, 2.05) is 24.3 Å². The van der Waals surface area contributed by atoms with E-state index in [2.05, 4.69) is 24.1 Å². The van der Waals surface area contributed by atoms with Crippen LogP contribution >= 0.6 is 0 Å². The first-order chi connectivity index (χ1) is 8.04. The molecule has 17 heavy (non-hydrogen) atoms. The average Bonchev–Trinajstić information content (AvgIpc) is 2.30. The second-order valence-corrected chi connectivity index (χ2v) is 4.37. The summed E-state index contributed by atoms with van der Waals surface area (Å²) in [5.41, 5.74) is 7.74. The summed E-state index contributed by atoms with van der Waals surface area (Å²) in [6.45, 7) is 5.23. The number of carbonyl (C=O) groups is 1. The lowest BCUT2D eigenvalue weighted by molar-refractivity contribution is -0.122. The van der Waals surface area contributed by atoms with Crippen molar-refractivity contribution in [3.63, 3.8) is 0 Å². The Morgan fingerprint density at radius 3 is 2.59 bits per heavy atom. The van der Waals surface area contributed by atoms with Gasteiger partial charge in [-0.1, -0.05) is 18.2 Å². The first-order valence-corrected chi connectivity index (χ1v) is 5.82. The van der Waals surface area contributed by atoms with Crippen molar-refractivity contribution in [2.75, 3.05) is 19.3 Å². The lowest BCUT2D eigenvalue weighted by Gasteiger charge is -2.26. The molecule has 4 nitrogen and oxygen atoms in total. The van der Waals surface area contributed by atoms with E-state index in [0.29, 0.717) is 19.1 Å². The molecule has 1 aromatic carbocycles. The third kappa shape index (κ3) is 4.07. The van der Waals surface area contributed by atoms with Gasteiger partial charge in [-0.2, -0.15) is 0 Å². The number of hydrogen-bond acceptors (Lipinski definition) is 3. The summed E-state index contributed by atoms with van der Waals surface area (Å²) in [4.78, 5) is 13.5. The van der Waals surface area contributed by atoms with Crippen LogP contribution in [-0.4, -0.2) is 30.4 Å². The van der Waals surface area contributed by atoms with Crippen molar-refractivity contribution < 1.29 is 4.79 Å². The predicted molar refractivity (Wildman–Crippen MR) is 70.5 cm³/mol. The Kier molecular flexibility index (Phi) is 4.97. The third-order valence-corrected chi connectivity index (χ3v) is 2.78. The van der Waals surface area contributed by atoms with Gasteiger partial charge in [0.05, 0.1) is 6.54 Å². The Morgan fingerprint density at radius 1 is 1.41 bits per heavy atom. The maximum absolute atomic E-state index is 11.4. The topological polar surface area (TPSA) is 58.4 Å². The van der Waals surface area contributed by atoms with E-state index in [1.165, 1.54) is 0 Å². The largest absolute Gasteiger partial charge is 0.398 e. The molecule has 4 heteroatoms. The summed E-state index contributed by atoms with van der Waals surface area (Å²) in [6.07, 6.45) is 0. The highest BCUT2D eigenvalue weighted by molar-refractivity contribution is 5.77. The van der Waals surface area contributed by atoms with Crippen LogP contribution in [0.25, 0.3) is 0 Å². The van der Waals surface area contributed by atoms with Gasteiger partial charge in [0.2, 0.25) is 5.91 Å². The zero-order valence-corrected chi connectivity index (χ0v) is 10.7. The molecule has 0 aliphatic heterocycles. The average molecular weight is 235 g/mol. The van der Waals surface area contributed by atoms with Gasteiger partial charge in [0, 0.05) is 25.3 Å². The first-order valence-electron chi connectivity index (χ1n) is 5.82. The number of nitrogens with two attached hydrogens (primary N) is 1. The maximum atomic E-state index is 11.4. The molecule has 1 rings (SSSR count). The monoisotopic (exact) mass is 235 g/mol. The number of nitrogens with zero attached hydrogens (tertiary/aromatic N) is 1. The SMILES string of the molecule is CNC(=O)CN(Cc1ccccc1N)C(C)C. The van der Waals surface area contributed by atoms with Crippen molar-refractivity contribution >= 4 is 11.6 Å². The minimum absolute atomic E-state index is 0.0215. The fourth-order valence-corrected chi connectivity index (χ4v) is 1.58. The molecule has 0 spiro atoms. The van der Waals surface area contributed by atoms with Crippen molar-refractivity contribution in [2.24, 2.45) is 0 Å². The quantitative estimate of drug-likeness (QED) is 0.755. The number of likely N-dealkylation sites (N-methyl/N-ethyl adjacent to an activating group) is 1. The molecule has 0 atom stereocenters. The fraction of sp³-hybridized carbons (Fsp3) is 0.462. The summed E-state index contributed by atoms with van der Waals surface area (Å²) >= 11 is 0. The summed E-state index contributed by atoms with van der Waals surface area (Å²) < 4.78 is 0. The fourth-order valence-electron chi connectivity index (χ4n) is 1.58. The van der Waals surface area contributed by atoms with Crippen LogP contribution in [-0.2, 0) is 11.3 Å². The minimum Gasteiger partial charge on any atom is -0.398 e. The number of benzene rings is 1. The molecule has 0 unspecified atom stereocenters. The number of rotatable bonds is 5. The van der Waals surface area contributed by atoms with Crippen LogP contribution in [0.1, 0.15) is 19.4 Å². The van der Waals surface area contributed by atoms with Crippen LogP contribution < -0.4 is 11.1 Å². The van der Waals surface area contributed by atoms with E-state index < -0.39 is 0 Å². The van der Waals surface area contributed by atoms with Gasteiger partial charge in [-0.05, 0) is 25.5 Å². The molecule has 0 bridgehead atoms. The van der Waals surface area contributed by atoms with E-state index in [1.54, 1.807) is 7.05 Å². The zero-order valence-electron chi connectivity index (χ0n) is 10.7. The Bertz CT molecular complexity index is 377. The molecular weight excluding hydrogens is 214 g/mol. The first kappa shape index (κ1) is 13.5. The normalized spacial score (nSPS) is 10.9. The lowest BCUT2D eigenvalue weighted by atomic mass is 10.1. The number of nitrogens with one attached hydrogen (secondary N) is 1. The van der Waals surface area contributed by atoms with Gasteiger partial charge in [-0.25, -0.2) is 0 Å². The number of anilines is 1. The Hall–Kier alpha value is -1.55. The highest BCUT2D eigenvalue weighted by Gasteiger charge is 2.14. The van der Waals surface area contributed by atoms with E-state index in [0.717, 1.165) is 11.3 Å². The van der Waals surface area contributed by atoms with Crippen molar-refractivity contribution in [3.8, 4) is 0 Å². The smallest absolute Gasteiger partial charge is 0.233 e. The summed E-state index contributed by atoms with van der Waals surface area (Å²) in [6, 6.07) is 8.05. The molecule has 1 aromatic rings. The molecule has 1 amide bonds. The van der Waals surface area contributed by atoms with Gasteiger partial charge < -0.3 is 11.1 Å². The summed E-state index contributed by atoms with van der Waals surface area (Å²) in [5.74, 6) is 0.0215. The highest BCUT2D eigenvalue weighted by atomic mass is 16.1. The molecule has 0 heterocycles. The van der Waals surface area contributed by atoms with Crippen LogP contribution in [0.4, 0.5) is 5.69 Å². The van der Waals surface area contributed by atoms with Gasteiger partial charge in [0.15, 0.2) is 0 Å². The molecular formula is C13H21N3O. The van der Waals surface area contributed by atoms with Gasteiger partial charge in [-0.3, -0.25) is 9.69 Å². The predicted octanol–water partition coefficient (Wildman–Crippen LogP) is 1.23. The lowest BCUT2D eigenvalue weighted by Crippen LogP contribution is -2.39. The molecule has 3 N–H and O–H groups in total. The number of amides is 1. The standard InChI is InChI=1S/C13H21N3O/c1-10(2)16(9-13(17)15-3)8-11-6-4-5-7-12(11)14/h4-7,10H,8-9,14H2,1-3H3,(H,15,17). The molecule has 94 valence electrons. The Labute approximate surface area is 103 Å². The van der Waals surface area contributed by atoms with Crippen molar-refractivity contribution in [3.05, 3.63) is 29.8 Å². The Balaban J connectivity index is 2.74. The number of hydrogen-bond donors (Lipinski definition) is 2. The van der Waals surface area contributed by atoms with E-state index in [9.17, 15) is 4.79 Å². The van der Waals surface area contributed by atoms with Crippen molar-refractivity contribution in [2.45, 2.75) is 26.4 Å². The van der Waals surface area contributed by atoms with Crippen LogP contribution in [0.2, 0.25) is 0 Å². The molecule has 0 radical (unpaired) electrons. The highest BCUT2D eigenvalue weighted by Crippen LogP contribution is 2.14. The second kappa shape index (κ2) is 6.25. The summed E-state index contributed by atoms with van der Waals surface area (Å²) in [5, 5.41) is 2.64. The van der Waals surface area contributed by atoms with Gasteiger partial charge >= 0.3 is 0 Å². The molecule has 0 fully saturated rings. The van der Waals surface area contributed by atoms with Gasteiger partial charge in [-0.15, -0.1) is 0 Å². The van der Waals surface area contributed by atoms with Gasteiger partial charge in [0.25, 0.3) is 0 Å². The number of nitrogen functional groups attached to an aromatic ring is 1. The van der Waals surface area contributed by atoms with Crippen LogP contribution in [0, 0.1) is 0 Å². The van der Waals surface area contributed by atoms with Crippen molar-refractivity contribution in [1.82, 2.24) is 10.2 Å². The van der Waals surface area contributed by atoms with Crippen molar-refractivity contribution in [1.29, 1.82) is 0 Å². The van der Waals surface area contributed by atoms with Crippen LogP contribution in [0.15, 0.2) is 24.3 Å². The van der Waals surface area contributed by atoms with Crippen LogP contribution in [0.5, 0.6) is 0 Å². The summed E-state index contributed by atoms with van der Waals surface area (Å²) in [7, 11) is 1.65. The maximum Gasteiger partial charge on any atom is 0.233 e. The van der Waals surface area contributed by atoms with Crippen LogP contribution in [0.3, 0.4) is 0 Å². The molecule has 0 aliphatic rings. The number of carbonyl (C=O) groups excluding carboxylic acids is 1. The number of para-hydroxylation sites is 1. The minimum atomic E-state index is 0.0215. The molecule has 0 saturated carbocycles. The van der Waals surface area contributed by atoms with Gasteiger partial charge in [0.1, 0.15) is 0 Å². The zero-order chi connectivity index (χ0) is 12.8. The molecule has 0 aliphatic carbocycles.